The van der Waals surface area contributed by atoms with Crippen LogP contribution >= 0.6 is 0 Å². The summed E-state index contributed by atoms with van der Waals surface area (Å²) in [6, 6.07) is 6.12. The van der Waals surface area contributed by atoms with Crippen LogP contribution in [0.15, 0.2) is 24.3 Å². The molecule has 0 saturated carbocycles. The molecule has 0 aliphatic rings. The molecule has 0 fully saturated rings. The van der Waals surface area contributed by atoms with Crippen molar-refractivity contribution in [1.82, 2.24) is 9.97 Å². The SMILES string of the molecule is COc1cc(OC)nc(Oc2cccc(C(C)=O)c2C(=O)C(C)(C)OC)n1. The fraction of sp³-hybridized carbons (Fsp3) is 0.368. The van der Waals surface area contributed by atoms with E-state index in [2.05, 4.69) is 9.97 Å². The van der Waals surface area contributed by atoms with Gasteiger partial charge in [0.1, 0.15) is 11.4 Å². The van der Waals surface area contributed by atoms with Crippen molar-refractivity contribution in [2.45, 2.75) is 26.4 Å². The number of methoxy groups -OCH3 is 3. The second-order valence-electron chi connectivity index (χ2n) is 6.12. The molecule has 2 aromatic rings. The summed E-state index contributed by atoms with van der Waals surface area (Å²) in [4.78, 5) is 33.3. The Kier molecular flexibility index (Phi) is 6.12. The predicted octanol–water partition coefficient (Wildman–Crippen LogP) is 3.10. The molecule has 0 spiro atoms. The van der Waals surface area contributed by atoms with Gasteiger partial charge in [0.2, 0.25) is 11.8 Å². The van der Waals surface area contributed by atoms with Crippen LogP contribution in [0, 0.1) is 0 Å². The van der Waals surface area contributed by atoms with Crippen molar-refractivity contribution >= 4 is 11.6 Å². The topological polar surface area (TPSA) is 96.8 Å². The molecule has 8 nitrogen and oxygen atoms in total. The molecule has 1 aromatic heterocycles. The van der Waals surface area contributed by atoms with Crippen LogP contribution < -0.4 is 14.2 Å². The van der Waals surface area contributed by atoms with Crippen LogP contribution in [0.1, 0.15) is 41.5 Å². The molecule has 0 aliphatic carbocycles. The van der Waals surface area contributed by atoms with Crippen molar-refractivity contribution in [3.05, 3.63) is 35.4 Å². The number of aromatic nitrogens is 2. The first-order valence-electron chi connectivity index (χ1n) is 8.12. The van der Waals surface area contributed by atoms with Crippen LogP contribution in [0.3, 0.4) is 0 Å². The fourth-order valence-electron chi connectivity index (χ4n) is 2.27. The molecule has 8 heteroatoms. The average molecular weight is 374 g/mol. The summed E-state index contributed by atoms with van der Waals surface area (Å²) in [7, 11) is 4.31. The molecule has 2 rings (SSSR count). The Labute approximate surface area is 157 Å². The molecule has 0 radical (unpaired) electrons. The van der Waals surface area contributed by atoms with Crippen molar-refractivity contribution in [2.75, 3.05) is 21.3 Å². The zero-order valence-electron chi connectivity index (χ0n) is 16.2. The number of rotatable bonds is 8. The highest BCUT2D eigenvalue weighted by Gasteiger charge is 2.33. The molecule has 0 saturated heterocycles. The van der Waals surface area contributed by atoms with Crippen LogP contribution in [-0.2, 0) is 4.74 Å². The maximum absolute atomic E-state index is 13.0. The Bertz CT molecular complexity index is 841. The van der Waals surface area contributed by atoms with E-state index in [9.17, 15) is 9.59 Å². The molecule has 0 N–H and O–H groups in total. The molecule has 0 bridgehead atoms. The zero-order chi connectivity index (χ0) is 20.2. The number of hydrogen-bond acceptors (Lipinski definition) is 8. The molecule has 0 atom stereocenters. The Balaban J connectivity index is 2.59. The minimum Gasteiger partial charge on any atom is -0.481 e. The number of carbonyl (C=O) groups excluding carboxylic acids is 2. The van der Waals surface area contributed by atoms with Crippen molar-refractivity contribution in [3.8, 4) is 23.5 Å². The van der Waals surface area contributed by atoms with Crippen molar-refractivity contribution in [3.63, 3.8) is 0 Å². The van der Waals surface area contributed by atoms with Gasteiger partial charge in [-0.15, -0.1) is 0 Å². The van der Waals surface area contributed by atoms with Gasteiger partial charge in [-0.3, -0.25) is 9.59 Å². The number of ether oxygens (including phenoxy) is 4. The molecular weight excluding hydrogens is 352 g/mol. The van der Waals surface area contributed by atoms with Gasteiger partial charge in [-0.1, -0.05) is 12.1 Å². The van der Waals surface area contributed by atoms with E-state index in [0.29, 0.717) is 0 Å². The molecule has 1 heterocycles. The van der Waals surface area contributed by atoms with Crippen molar-refractivity contribution < 1.29 is 28.5 Å². The van der Waals surface area contributed by atoms with Crippen molar-refractivity contribution in [2.24, 2.45) is 0 Å². The monoisotopic (exact) mass is 374 g/mol. The van der Waals surface area contributed by atoms with Crippen LogP contribution in [0.4, 0.5) is 0 Å². The molecule has 0 unspecified atom stereocenters. The minimum atomic E-state index is -1.16. The first-order chi connectivity index (χ1) is 12.7. The van der Waals surface area contributed by atoms with E-state index in [1.165, 1.54) is 34.3 Å². The lowest BCUT2D eigenvalue weighted by Gasteiger charge is -2.23. The maximum atomic E-state index is 13.0. The number of carbonyl (C=O) groups is 2. The van der Waals surface area contributed by atoms with E-state index < -0.39 is 11.4 Å². The maximum Gasteiger partial charge on any atom is 0.328 e. The van der Waals surface area contributed by atoms with Gasteiger partial charge in [0.05, 0.1) is 25.8 Å². The summed E-state index contributed by atoms with van der Waals surface area (Å²) in [5.74, 6) is -0.0945. The van der Waals surface area contributed by atoms with E-state index in [1.54, 1.807) is 32.0 Å². The molecule has 0 aliphatic heterocycles. The molecule has 1 aromatic carbocycles. The molecule has 144 valence electrons. The van der Waals surface area contributed by atoms with E-state index in [1.807, 2.05) is 0 Å². The van der Waals surface area contributed by atoms with Crippen LogP contribution in [0.25, 0.3) is 0 Å². The third-order valence-corrected chi connectivity index (χ3v) is 3.97. The normalized spacial score (nSPS) is 11.0. The van der Waals surface area contributed by atoms with Crippen molar-refractivity contribution in [1.29, 1.82) is 0 Å². The van der Waals surface area contributed by atoms with E-state index >= 15 is 0 Å². The van der Waals surface area contributed by atoms with Gasteiger partial charge >= 0.3 is 6.01 Å². The second-order valence-corrected chi connectivity index (χ2v) is 6.12. The predicted molar refractivity (Wildman–Crippen MR) is 97.1 cm³/mol. The van der Waals surface area contributed by atoms with Gasteiger partial charge in [-0.25, -0.2) is 0 Å². The number of hydrogen-bond donors (Lipinski definition) is 0. The first-order valence-corrected chi connectivity index (χ1v) is 8.12. The van der Waals surface area contributed by atoms with Gasteiger partial charge < -0.3 is 18.9 Å². The fourth-order valence-corrected chi connectivity index (χ4v) is 2.27. The standard InChI is InChI=1S/C19H22N2O6/c1-11(22)12-8-7-9-13(16(12)17(23)19(2,3)26-6)27-18-20-14(24-4)10-15(21-18)25-5/h7-10H,1-6H3. The van der Waals surface area contributed by atoms with Crippen LogP contribution in [-0.4, -0.2) is 48.5 Å². The average Bonchev–Trinajstić information content (AvgIpc) is 2.66. The van der Waals surface area contributed by atoms with Gasteiger partial charge in [0.25, 0.3) is 0 Å². The number of ketones is 2. The lowest BCUT2D eigenvalue weighted by atomic mass is 9.91. The van der Waals surface area contributed by atoms with Gasteiger partial charge in [-0.2, -0.15) is 9.97 Å². The van der Waals surface area contributed by atoms with Gasteiger partial charge in [0.15, 0.2) is 11.6 Å². The van der Waals surface area contributed by atoms with Crippen LogP contribution in [0.5, 0.6) is 23.5 Å². The summed E-state index contributed by atoms with van der Waals surface area (Å²) in [6.45, 7) is 4.60. The Morgan fingerprint density at radius 1 is 1.00 bits per heavy atom. The summed E-state index contributed by atoms with van der Waals surface area (Å²) < 4.78 is 21.2. The lowest BCUT2D eigenvalue weighted by molar-refractivity contribution is 0.0225. The summed E-state index contributed by atoms with van der Waals surface area (Å²) >= 11 is 0. The summed E-state index contributed by atoms with van der Waals surface area (Å²) in [5, 5.41) is 0. The summed E-state index contributed by atoms with van der Waals surface area (Å²) in [5.41, 5.74) is -0.837. The molecular formula is C19H22N2O6. The molecule has 27 heavy (non-hydrogen) atoms. The second kappa shape index (κ2) is 8.13. The Morgan fingerprint density at radius 2 is 1.59 bits per heavy atom. The van der Waals surface area contributed by atoms with E-state index in [0.717, 1.165) is 0 Å². The first kappa shape index (κ1) is 20.3. The highest BCUT2D eigenvalue weighted by atomic mass is 16.5. The van der Waals surface area contributed by atoms with Gasteiger partial charge in [-0.05, 0) is 26.8 Å². The largest absolute Gasteiger partial charge is 0.481 e. The molecule has 0 amide bonds. The number of Topliss-reactive ketones (excluding diaryl/α,β-unsaturated/α-hetero) is 2. The Morgan fingerprint density at radius 3 is 2.07 bits per heavy atom. The summed E-state index contributed by atoms with van der Waals surface area (Å²) in [6.07, 6.45) is 0. The number of benzene rings is 1. The van der Waals surface area contributed by atoms with E-state index in [-0.39, 0.29) is 40.4 Å². The zero-order valence-corrected chi connectivity index (χ0v) is 16.2. The van der Waals surface area contributed by atoms with Crippen LogP contribution in [0.2, 0.25) is 0 Å². The minimum absolute atomic E-state index is 0.0869. The highest BCUT2D eigenvalue weighted by Crippen LogP contribution is 2.32. The van der Waals surface area contributed by atoms with E-state index in [4.69, 9.17) is 18.9 Å². The lowest BCUT2D eigenvalue weighted by Crippen LogP contribution is -2.35. The quantitative estimate of drug-likeness (QED) is 0.650. The third kappa shape index (κ3) is 4.40. The number of nitrogens with zero attached hydrogens (tertiary/aromatic N) is 2. The highest BCUT2D eigenvalue weighted by molar-refractivity contribution is 6.12. The Hall–Kier alpha value is -3.00. The van der Waals surface area contributed by atoms with Gasteiger partial charge in [0, 0.05) is 12.7 Å². The third-order valence-electron chi connectivity index (χ3n) is 3.97. The smallest absolute Gasteiger partial charge is 0.328 e.